The Bertz CT molecular complexity index is 777. The molecule has 0 saturated carbocycles. The van der Waals surface area contributed by atoms with Gasteiger partial charge in [0.1, 0.15) is 17.2 Å². The number of hydrogen-bond acceptors (Lipinski definition) is 5. The summed E-state index contributed by atoms with van der Waals surface area (Å²) >= 11 is 0. The lowest BCUT2D eigenvalue weighted by molar-refractivity contribution is 0.0670. The second kappa shape index (κ2) is 6.23. The van der Waals surface area contributed by atoms with E-state index in [9.17, 15) is 9.59 Å². The van der Waals surface area contributed by atoms with Gasteiger partial charge in [-0.25, -0.2) is 4.79 Å². The van der Waals surface area contributed by atoms with Gasteiger partial charge in [-0.05, 0) is 17.7 Å². The van der Waals surface area contributed by atoms with Crippen LogP contribution in [0.25, 0.3) is 0 Å². The number of carbonyl (C=O) groups is 2. The van der Waals surface area contributed by atoms with Gasteiger partial charge >= 0.3 is 5.97 Å². The Balaban J connectivity index is 1.84. The molecule has 1 aromatic heterocycles. The summed E-state index contributed by atoms with van der Waals surface area (Å²) in [5.41, 5.74) is 1.03. The summed E-state index contributed by atoms with van der Waals surface area (Å²) in [5, 5.41) is 12.9. The number of aromatic nitrogens is 2. The summed E-state index contributed by atoms with van der Waals surface area (Å²) in [4.78, 5) is 25.2. The molecule has 0 radical (unpaired) electrons. The number of carboxylic acids is 1. The lowest BCUT2D eigenvalue weighted by atomic mass is 10.1. The first kappa shape index (κ1) is 15.9. The van der Waals surface area contributed by atoms with Gasteiger partial charge in [-0.15, -0.1) is 0 Å². The van der Waals surface area contributed by atoms with Gasteiger partial charge in [-0.1, -0.05) is 0 Å². The van der Waals surface area contributed by atoms with Crippen LogP contribution in [0.2, 0.25) is 0 Å². The Kier molecular flexibility index (Phi) is 4.11. The number of nitrogens with zero attached hydrogens (tertiary/aromatic N) is 3. The second-order valence-corrected chi connectivity index (χ2v) is 5.39. The van der Waals surface area contributed by atoms with Crippen LogP contribution in [0.4, 0.5) is 0 Å². The van der Waals surface area contributed by atoms with Crippen molar-refractivity contribution in [1.29, 1.82) is 0 Å². The molecule has 126 valence electrons. The highest BCUT2D eigenvalue weighted by Gasteiger charge is 2.28. The minimum absolute atomic E-state index is 0.122. The molecule has 3 rings (SSSR count). The van der Waals surface area contributed by atoms with E-state index in [-0.39, 0.29) is 17.3 Å². The summed E-state index contributed by atoms with van der Waals surface area (Å²) < 4.78 is 11.9. The van der Waals surface area contributed by atoms with E-state index in [1.165, 1.54) is 10.7 Å². The first-order valence-electron chi connectivity index (χ1n) is 7.34. The molecule has 1 aliphatic heterocycles. The Labute approximate surface area is 138 Å². The monoisotopic (exact) mass is 331 g/mol. The zero-order valence-electron chi connectivity index (χ0n) is 13.4. The molecule has 1 aromatic carbocycles. The first-order valence-corrected chi connectivity index (χ1v) is 7.34. The van der Waals surface area contributed by atoms with Crippen LogP contribution < -0.4 is 9.47 Å². The number of carboxylic acid groups (broad SMARTS) is 1. The van der Waals surface area contributed by atoms with Crippen LogP contribution in [-0.4, -0.2) is 52.4 Å². The number of benzene rings is 1. The summed E-state index contributed by atoms with van der Waals surface area (Å²) in [6.45, 7) is 1.28. The summed E-state index contributed by atoms with van der Waals surface area (Å²) in [6, 6.07) is 6.74. The van der Waals surface area contributed by atoms with Crippen LogP contribution in [0.3, 0.4) is 0 Å². The van der Waals surface area contributed by atoms with E-state index in [1.54, 1.807) is 25.2 Å². The fraction of sp³-hybridized carbons (Fsp3) is 0.312. The minimum atomic E-state index is -1.14. The standard InChI is InChI=1S/C16H17N3O5/c1-23-11-5-10(6-12(7-11)24-2)9-18-3-4-19-14(15(18)20)8-13(17-19)16(21)22/h5-8H,3-4,9H2,1-2H3,(H,21,22). The van der Waals surface area contributed by atoms with Crippen molar-refractivity contribution in [3.63, 3.8) is 0 Å². The van der Waals surface area contributed by atoms with Gasteiger partial charge in [0.25, 0.3) is 5.91 Å². The van der Waals surface area contributed by atoms with Crippen molar-refractivity contribution in [3.05, 3.63) is 41.2 Å². The van der Waals surface area contributed by atoms with Crippen LogP contribution in [0.5, 0.6) is 11.5 Å². The van der Waals surface area contributed by atoms with Crippen LogP contribution in [-0.2, 0) is 13.1 Å². The quantitative estimate of drug-likeness (QED) is 0.886. The van der Waals surface area contributed by atoms with Gasteiger partial charge in [0.2, 0.25) is 0 Å². The Morgan fingerprint density at radius 2 is 1.83 bits per heavy atom. The van der Waals surface area contributed by atoms with E-state index in [2.05, 4.69) is 5.10 Å². The van der Waals surface area contributed by atoms with Gasteiger partial charge in [0.05, 0.1) is 20.8 Å². The summed E-state index contributed by atoms with van der Waals surface area (Å²) in [6.07, 6.45) is 0. The fourth-order valence-corrected chi connectivity index (χ4v) is 2.67. The maximum atomic E-state index is 12.6. The van der Waals surface area contributed by atoms with Crippen molar-refractivity contribution in [2.75, 3.05) is 20.8 Å². The molecule has 2 aromatic rings. The van der Waals surface area contributed by atoms with Crippen molar-refractivity contribution >= 4 is 11.9 Å². The molecule has 0 unspecified atom stereocenters. The molecule has 0 atom stereocenters. The van der Waals surface area contributed by atoms with Crippen molar-refractivity contribution in [2.45, 2.75) is 13.1 Å². The van der Waals surface area contributed by atoms with Crippen molar-refractivity contribution < 1.29 is 24.2 Å². The third-order valence-electron chi connectivity index (χ3n) is 3.87. The van der Waals surface area contributed by atoms with Crippen LogP contribution in [0, 0.1) is 0 Å². The predicted octanol–water partition coefficient (Wildman–Crippen LogP) is 1.25. The average molecular weight is 331 g/mol. The summed E-state index contributed by atoms with van der Waals surface area (Å²) in [5.74, 6) is -0.101. The van der Waals surface area contributed by atoms with E-state index < -0.39 is 5.97 Å². The number of hydrogen-bond donors (Lipinski definition) is 1. The van der Waals surface area contributed by atoms with Gasteiger partial charge in [0.15, 0.2) is 5.69 Å². The first-order chi connectivity index (χ1) is 11.5. The molecule has 0 spiro atoms. The van der Waals surface area contributed by atoms with Gasteiger partial charge in [0, 0.05) is 25.2 Å². The molecule has 1 amide bonds. The van der Waals surface area contributed by atoms with Gasteiger partial charge < -0.3 is 19.5 Å². The molecule has 24 heavy (non-hydrogen) atoms. The zero-order valence-corrected chi connectivity index (χ0v) is 13.4. The normalized spacial score (nSPS) is 13.6. The van der Waals surface area contributed by atoms with Crippen LogP contribution >= 0.6 is 0 Å². The molecule has 1 N–H and O–H groups in total. The number of carbonyl (C=O) groups excluding carboxylic acids is 1. The topological polar surface area (TPSA) is 93.9 Å². The molecule has 0 fully saturated rings. The highest BCUT2D eigenvalue weighted by atomic mass is 16.5. The van der Waals surface area contributed by atoms with Crippen LogP contribution in [0.15, 0.2) is 24.3 Å². The number of ether oxygens (including phenoxy) is 2. The molecule has 1 aliphatic rings. The summed E-state index contributed by atoms with van der Waals surface area (Å²) in [7, 11) is 3.13. The number of fused-ring (bicyclic) bond motifs is 1. The van der Waals surface area contributed by atoms with E-state index in [1.807, 2.05) is 12.1 Å². The molecular weight excluding hydrogens is 314 g/mol. The maximum Gasteiger partial charge on any atom is 0.356 e. The highest BCUT2D eigenvalue weighted by Crippen LogP contribution is 2.24. The van der Waals surface area contributed by atoms with Crippen molar-refractivity contribution in [3.8, 4) is 11.5 Å². The zero-order chi connectivity index (χ0) is 17.3. The molecule has 8 nitrogen and oxygen atoms in total. The SMILES string of the molecule is COc1cc(CN2CCn3nc(C(=O)O)cc3C2=O)cc(OC)c1. The molecule has 2 heterocycles. The number of methoxy groups -OCH3 is 2. The Morgan fingerprint density at radius 3 is 2.42 bits per heavy atom. The molecule has 0 saturated heterocycles. The lowest BCUT2D eigenvalue weighted by Gasteiger charge is -2.27. The Hall–Kier alpha value is -3.03. The minimum Gasteiger partial charge on any atom is -0.497 e. The predicted molar refractivity (Wildman–Crippen MR) is 83.5 cm³/mol. The van der Waals surface area contributed by atoms with E-state index in [0.717, 1.165) is 5.56 Å². The lowest BCUT2D eigenvalue weighted by Crippen LogP contribution is -2.39. The number of amides is 1. The fourth-order valence-electron chi connectivity index (χ4n) is 2.67. The third kappa shape index (κ3) is 2.90. The number of aromatic carboxylic acids is 1. The molecule has 8 heteroatoms. The highest BCUT2D eigenvalue weighted by molar-refractivity contribution is 5.96. The van der Waals surface area contributed by atoms with E-state index >= 15 is 0 Å². The second-order valence-electron chi connectivity index (χ2n) is 5.39. The number of rotatable bonds is 5. The molecular formula is C16H17N3O5. The van der Waals surface area contributed by atoms with Gasteiger partial charge in [-0.3, -0.25) is 9.48 Å². The smallest absolute Gasteiger partial charge is 0.356 e. The Morgan fingerprint density at radius 1 is 1.17 bits per heavy atom. The maximum absolute atomic E-state index is 12.6. The van der Waals surface area contributed by atoms with Gasteiger partial charge in [-0.2, -0.15) is 5.10 Å². The molecule has 0 aliphatic carbocycles. The largest absolute Gasteiger partial charge is 0.497 e. The van der Waals surface area contributed by atoms with E-state index in [0.29, 0.717) is 31.1 Å². The average Bonchev–Trinajstić information content (AvgIpc) is 3.02. The van der Waals surface area contributed by atoms with Crippen molar-refractivity contribution in [2.24, 2.45) is 0 Å². The van der Waals surface area contributed by atoms with Crippen LogP contribution in [0.1, 0.15) is 26.5 Å². The third-order valence-corrected chi connectivity index (χ3v) is 3.87. The van der Waals surface area contributed by atoms with E-state index in [4.69, 9.17) is 14.6 Å². The molecule has 0 bridgehead atoms. The van der Waals surface area contributed by atoms with Crippen molar-refractivity contribution in [1.82, 2.24) is 14.7 Å².